The van der Waals surface area contributed by atoms with E-state index >= 15 is 0 Å². The van der Waals surface area contributed by atoms with Crippen LogP contribution in [0.4, 0.5) is 5.95 Å². The summed E-state index contributed by atoms with van der Waals surface area (Å²) in [6.45, 7) is 4.76. The lowest BCUT2D eigenvalue weighted by Gasteiger charge is -2.12. The number of benzene rings is 1. The summed E-state index contributed by atoms with van der Waals surface area (Å²) in [6, 6.07) is 7.24. The van der Waals surface area contributed by atoms with Gasteiger partial charge >= 0.3 is 0 Å². The van der Waals surface area contributed by atoms with Gasteiger partial charge in [0.05, 0.1) is 11.4 Å². The van der Waals surface area contributed by atoms with Crippen LogP contribution in [0.15, 0.2) is 41.6 Å². The monoisotopic (exact) mass is 293 g/mol. The predicted molar refractivity (Wildman–Crippen MR) is 79.6 cm³/mol. The molecule has 0 fully saturated rings. The maximum absolute atomic E-state index is 11.4. The van der Waals surface area contributed by atoms with Gasteiger partial charge in [-0.05, 0) is 31.5 Å². The van der Waals surface area contributed by atoms with Crippen molar-refractivity contribution in [3.05, 3.63) is 42.2 Å². The summed E-state index contributed by atoms with van der Waals surface area (Å²) < 4.78 is 24.8. The molecule has 1 N–H and O–H groups in total. The molecule has 0 amide bonds. The molecule has 1 aromatic carbocycles. The van der Waals surface area contributed by atoms with Crippen molar-refractivity contribution in [3.8, 4) is 0 Å². The second-order valence-electron chi connectivity index (χ2n) is 5.09. The van der Waals surface area contributed by atoms with Gasteiger partial charge in [0.15, 0.2) is 9.84 Å². The van der Waals surface area contributed by atoms with Crippen LogP contribution in [-0.2, 0) is 16.4 Å². The van der Waals surface area contributed by atoms with E-state index in [2.05, 4.69) is 24.1 Å². The summed E-state index contributed by atoms with van der Waals surface area (Å²) in [5.74, 6) is 0.812. The molecule has 0 saturated heterocycles. The summed E-state index contributed by atoms with van der Waals surface area (Å²) in [7, 11) is -3.14. The Morgan fingerprint density at radius 1 is 1.25 bits per heavy atom. The summed E-state index contributed by atoms with van der Waals surface area (Å²) in [4.78, 5) is 4.61. The Morgan fingerprint density at radius 2 is 1.90 bits per heavy atom. The van der Waals surface area contributed by atoms with Crippen molar-refractivity contribution < 1.29 is 8.42 Å². The zero-order valence-electron chi connectivity index (χ0n) is 11.9. The van der Waals surface area contributed by atoms with Crippen LogP contribution in [-0.4, -0.2) is 30.3 Å². The third kappa shape index (κ3) is 3.60. The molecule has 0 radical (unpaired) electrons. The second kappa shape index (κ2) is 5.66. The van der Waals surface area contributed by atoms with Gasteiger partial charge < -0.3 is 9.88 Å². The largest absolute Gasteiger partial charge is 0.353 e. The van der Waals surface area contributed by atoms with E-state index in [1.54, 1.807) is 18.3 Å². The molecule has 0 saturated carbocycles. The van der Waals surface area contributed by atoms with Crippen LogP contribution in [0.5, 0.6) is 0 Å². The minimum Gasteiger partial charge on any atom is -0.353 e. The highest BCUT2D eigenvalue weighted by atomic mass is 32.2. The first-order valence-corrected chi connectivity index (χ1v) is 8.32. The van der Waals surface area contributed by atoms with Gasteiger partial charge in [-0.15, -0.1) is 0 Å². The molecular weight excluding hydrogens is 274 g/mol. The normalized spacial score (nSPS) is 11.8. The Bertz CT molecular complexity index is 673. The number of hydrogen-bond donors (Lipinski definition) is 1. The van der Waals surface area contributed by atoms with Crippen molar-refractivity contribution in [2.45, 2.75) is 31.3 Å². The van der Waals surface area contributed by atoms with Crippen molar-refractivity contribution in [1.82, 2.24) is 9.55 Å². The minimum atomic E-state index is -3.14. The van der Waals surface area contributed by atoms with E-state index in [1.807, 2.05) is 22.9 Å². The lowest BCUT2D eigenvalue weighted by molar-refractivity contribution is 0.602. The van der Waals surface area contributed by atoms with E-state index in [0.717, 1.165) is 11.5 Å². The fourth-order valence-corrected chi connectivity index (χ4v) is 2.50. The van der Waals surface area contributed by atoms with Gasteiger partial charge in [0.25, 0.3) is 0 Å². The molecule has 1 aromatic heterocycles. The molecule has 5 nitrogen and oxygen atoms in total. The number of hydrogen-bond acceptors (Lipinski definition) is 4. The fourth-order valence-electron chi connectivity index (χ4n) is 1.87. The number of nitrogens with one attached hydrogen (secondary N) is 1. The van der Waals surface area contributed by atoms with E-state index in [-0.39, 0.29) is 0 Å². The van der Waals surface area contributed by atoms with Gasteiger partial charge in [0.1, 0.15) is 0 Å². The van der Waals surface area contributed by atoms with Gasteiger partial charge in [-0.2, -0.15) is 0 Å². The van der Waals surface area contributed by atoms with Crippen LogP contribution in [0.25, 0.3) is 0 Å². The van der Waals surface area contributed by atoms with E-state index in [4.69, 9.17) is 0 Å². The smallest absolute Gasteiger partial charge is 0.203 e. The predicted octanol–water partition coefficient (Wildman–Crippen LogP) is 2.16. The summed E-state index contributed by atoms with van der Waals surface area (Å²) in [5.41, 5.74) is 1.03. The first-order chi connectivity index (χ1) is 9.36. The molecule has 0 aliphatic rings. The Kier molecular flexibility index (Phi) is 4.13. The standard InChI is InChI=1S/C14H19N3O2S/c1-11(2)16-14-15-8-9-17(14)10-12-4-6-13(7-5-12)20(3,18)19/h4-9,11H,10H2,1-3H3,(H,15,16). The van der Waals surface area contributed by atoms with Gasteiger partial charge in [0, 0.05) is 24.7 Å². The number of rotatable bonds is 5. The van der Waals surface area contributed by atoms with Crippen LogP contribution in [0, 0.1) is 0 Å². The van der Waals surface area contributed by atoms with Crippen LogP contribution in [0.2, 0.25) is 0 Å². The maximum atomic E-state index is 11.4. The Hall–Kier alpha value is -1.82. The highest BCUT2D eigenvalue weighted by Gasteiger charge is 2.08. The van der Waals surface area contributed by atoms with Gasteiger partial charge in [-0.3, -0.25) is 0 Å². The molecule has 6 heteroatoms. The summed E-state index contributed by atoms with van der Waals surface area (Å²) in [5, 5.41) is 3.27. The van der Waals surface area contributed by atoms with Crippen molar-refractivity contribution in [1.29, 1.82) is 0 Å². The first-order valence-electron chi connectivity index (χ1n) is 6.43. The molecule has 0 atom stereocenters. The molecule has 0 unspecified atom stereocenters. The van der Waals surface area contributed by atoms with Crippen molar-refractivity contribution in [2.75, 3.05) is 11.6 Å². The van der Waals surface area contributed by atoms with Crippen LogP contribution < -0.4 is 5.32 Å². The molecule has 0 aliphatic carbocycles. The van der Waals surface area contributed by atoms with Crippen molar-refractivity contribution >= 4 is 15.8 Å². The molecule has 2 aromatic rings. The average molecular weight is 293 g/mol. The number of nitrogens with zero attached hydrogens (tertiary/aromatic N) is 2. The highest BCUT2D eigenvalue weighted by molar-refractivity contribution is 7.90. The highest BCUT2D eigenvalue weighted by Crippen LogP contribution is 2.14. The minimum absolute atomic E-state index is 0.309. The molecular formula is C14H19N3O2S. The molecule has 20 heavy (non-hydrogen) atoms. The van der Waals surface area contributed by atoms with E-state index in [1.165, 1.54) is 6.26 Å². The first kappa shape index (κ1) is 14.6. The van der Waals surface area contributed by atoms with Crippen LogP contribution in [0.1, 0.15) is 19.4 Å². The molecule has 0 aliphatic heterocycles. The summed E-state index contributed by atoms with van der Waals surface area (Å²) >= 11 is 0. The topological polar surface area (TPSA) is 64.0 Å². The Labute approximate surface area is 119 Å². The van der Waals surface area contributed by atoms with Crippen molar-refractivity contribution in [2.24, 2.45) is 0 Å². The maximum Gasteiger partial charge on any atom is 0.203 e. The fraction of sp³-hybridized carbons (Fsp3) is 0.357. The average Bonchev–Trinajstić information content (AvgIpc) is 2.75. The summed E-state index contributed by atoms with van der Waals surface area (Å²) in [6.07, 6.45) is 4.85. The van der Waals surface area contributed by atoms with E-state index < -0.39 is 9.84 Å². The second-order valence-corrected chi connectivity index (χ2v) is 7.11. The van der Waals surface area contributed by atoms with E-state index in [0.29, 0.717) is 17.5 Å². The van der Waals surface area contributed by atoms with Gasteiger partial charge in [-0.25, -0.2) is 13.4 Å². The number of anilines is 1. The zero-order chi connectivity index (χ0) is 14.8. The quantitative estimate of drug-likeness (QED) is 0.917. The van der Waals surface area contributed by atoms with Crippen LogP contribution in [0.3, 0.4) is 0 Å². The third-order valence-corrected chi connectivity index (χ3v) is 3.97. The third-order valence-electron chi connectivity index (χ3n) is 2.84. The SMILES string of the molecule is CC(C)Nc1nccn1Cc1ccc(S(C)(=O)=O)cc1. The van der Waals surface area contributed by atoms with Gasteiger partial charge in [-0.1, -0.05) is 12.1 Å². The molecule has 1 heterocycles. The Morgan fingerprint density at radius 3 is 2.45 bits per heavy atom. The molecule has 0 spiro atoms. The molecule has 2 rings (SSSR count). The van der Waals surface area contributed by atoms with Crippen LogP contribution >= 0.6 is 0 Å². The number of imidazole rings is 1. The lowest BCUT2D eigenvalue weighted by atomic mass is 10.2. The number of aromatic nitrogens is 2. The van der Waals surface area contributed by atoms with Crippen molar-refractivity contribution in [3.63, 3.8) is 0 Å². The van der Waals surface area contributed by atoms with E-state index in [9.17, 15) is 8.42 Å². The zero-order valence-corrected chi connectivity index (χ0v) is 12.7. The Balaban J connectivity index is 2.17. The van der Waals surface area contributed by atoms with Gasteiger partial charge in [0.2, 0.25) is 5.95 Å². The lowest BCUT2D eigenvalue weighted by Crippen LogP contribution is -2.15. The number of sulfone groups is 1. The molecule has 0 bridgehead atoms. The molecule has 108 valence electrons.